The molecule has 1 rings (SSSR count). The molecule has 0 aromatic rings. The fourth-order valence-corrected chi connectivity index (χ4v) is 2.39. The number of hydrogen-bond acceptors (Lipinski definition) is 2. The first-order chi connectivity index (χ1) is 7.43. The van der Waals surface area contributed by atoms with Crippen LogP contribution >= 0.6 is 11.6 Å². The molecule has 16 heavy (non-hydrogen) atoms. The molecule has 4 heteroatoms. The summed E-state index contributed by atoms with van der Waals surface area (Å²) in [5.41, 5.74) is -0.632. The fourth-order valence-electron chi connectivity index (χ4n) is 2.24. The van der Waals surface area contributed by atoms with Gasteiger partial charge in [0.15, 0.2) is 0 Å². The summed E-state index contributed by atoms with van der Waals surface area (Å²) in [6, 6.07) is 2.32. The van der Waals surface area contributed by atoms with Gasteiger partial charge in [-0.3, -0.25) is 4.79 Å². The van der Waals surface area contributed by atoms with E-state index in [-0.39, 0.29) is 5.91 Å². The van der Waals surface area contributed by atoms with Crippen molar-refractivity contribution in [1.82, 2.24) is 4.90 Å². The molecular formula is C12H19ClN2O. The van der Waals surface area contributed by atoms with E-state index in [4.69, 9.17) is 11.6 Å². The average Bonchev–Trinajstić information content (AvgIpc) is 2.28. The molecule has 0 aliphatic heterocycles. The standard InChI is InChI=1S/C12H19ClN2O/c1-9-4-6-12(8-14,7-5-9)15(3)11(16)10(2)13/h9-10H,4-7H2,1-3H3/t9?,10-,12?/m0/s1. The van der Waals surface area contributed by atoms with Gasteiger partial charge in [-0.25, -0.2) is 0 Å². The highest BCUT2D eigenvalue weighted by Crippen LogP contribution is 2.35. The molecule has 0 saturated heterocycles. The molecule has 1 aliphatic rings. The summed E-state index contributed by atoms with van der Waals surface area (Å²) in [5.74, 6) is 0.496. The molecule has 1 atom stereocenters. The van der Waals surface area contributed by atoms with Crippen LogP contribution in [-0.2, 0) is 4.79 Å². The fraction of sp³-hybridized carbons (Fsp3) is 0.833. The number of hydrogen-bond donors (Lipinski definition) is 0. The zero-order valence-corrected chi connectivity index (χ0v) is 10.9. The van der Waals surface area contributed by atoms with Gasteiger partial charge in [0, 0.05) is 7.05 Å². The van der Waals surface area contributed by atoms with E-state index in [9.17, 15) is 10.1 Å². The summed E-state index contributed by atoms with van der Waals surface area (Å²) in [6.07, 6.45) is 3.52. The summed E-state index contributed by atoms with van der Waals surface area (Å²) < 4.78 is 0. The molecule has 0 aromatic heterocycles. The summed E-state index contributed by atoms with van der Waals surface area (Å²) in [7, 11) is 1.69. The largest absolute Gasteiger partial charge is 0.326 e. The number of nitriles is 1. The lowest BCUT2D eigenvalue weighted by Gasteiger charge is -2.41. The first kappa shape index (κ1) is 13.3. The van der Waals surface area contributed by atoms with Crippen LogP contribution in [0.1, 0.15) is 39.5 Å². The molecule has 0 radical (unpaired) electrons. The third kappa shape index (κ3) is 2.49. The second-order valence-corrected chi connectivity index (χ2v) is 5.49. The number of rotatable bonds is 2. The predicted molar refractivity (Wildman–Crippen MR) is 64.1 cm³/mol. The lowest BCUT2D eigenvalue weighted by atomic mass is 9.77. The smallest absolute Gasteiger partial charge is 0.241 e. The Morgan fingerprint density at radius 3 is 2.44 bits per heavy atom. The lowest BCUT2D eigenvalue weighted by molar-refractivity contribution is -0.134. The van der Waals surface area contributed by atoms with Gasteiger partial charge in [-0.1, -0.05) is 6.92 Å². The van der Waals surface area contributed by atoms with Crippen molar-refractivity contribution in [3.05, 3.63) is 0 Å². The van der Waals surface area contributed by atoms with Gasteiger partial charge in [0.05, 0.1) is 6.07 Å². The van der Waals surface area contributed by atoms with Gasteiger partial charge in [0.2, 0.25) is 5.91 Å². The van der Waals surface area contributed by atoms with E-state index in [1.54, 1.807) is 18.9 Å². The third-order valence-electron chi connectivity index (χ3n) is 3.62. The van der Waals surface area contributed by atoms with Crippen LogP contribution < -0.4 is 0 Å². The van der Waals surface area contributed by atoms with Crippen LogP contribution in [0.2, 0.25) is 0 Å². The lowest BCUT2D eigenvalue weighted by Crippen LogP contribution is -2.52. The molecule has 0 spiro atoms. The monoisotopic (exact) mass is 242 g/mol. The molecule has 1 fully saturated rings. The van der Waals surface area contributed by atoms with E-state index < -0.39 is 10.9 Å². The van der Waals surface area contributed by atoms with Gasteiger partial charge in [0.1, 0.15) is 10.9 Å². The van der Waals surface area contributed by atoms with Crippen molar-refractivity contribution in [2.24, 2.45) is 5.92 Å². The number of alkyl halides is 1. The predicted octanol–water partition coefficient (Wildman–Crippen LogP) is 2.54. The van der Waals surface area contributed by atoms with Crippen LogP contribution in [0.15, 0.2) is 0 Å². The average molecular weight is 243 g/mol. The van der Waals surface area contributed by atoms with Crippen molar-refractivity contribution in [3.8, 4) is 6.07 Å². The Labute approximate surface area is 102 Å². The number of halogens is 1. The Kier molecular flexibility index (Phi) is 4.21. The molecule has 0 N–H and O–H groups in total. The Bertz CT molecular complexity index is 301. The maximum Gasteiger partial charge on any atom is 0.241 e. The zero-order valence-electron chi connectivity index (χ0n) is 10.2. The van der Waals surface area contributed by atoms with E-state index in [1.807, 2.05) is 0 Å². The van der Waals surface area contributed by atoms with E-state index >= 15 is 0 Å². The van der Waals surface area contributed by atoms with Gasteiger partial charge in [0.25, 0.3) is 0 Å². The molecule has 90 valence electrons. The Balaban J connectivity index is 2.82. The molecule has 1 aliphatic carbocycles. The van der Waals surface area contributed by atoms with Crippen molar-refractivity contribution >= 4 is 17.5 Å². The minimum atomic E-state index is -0.632. The Hall–Kier alpha value is -0.750. The number of carbonyl (C=O) groups excluding carboxylic acids is 1. The first-order valence-electron chi connectivity index (χ1n) is 5.76. The Morgan fingerprint density at radius 1 is 1.56 bits per heavy atom. The van der Waals surface area contributed by atoms with Crippen molar-refractivity contribution in [2.45, 2.75) is 50.4 Å². The van der Waals surface area contributed by atoms with Crippen molar-refractivity contribution in [1.29, 1.82) is 5.26 Å². The highest BCUT2D eigenvalue weighted by molar-refractivity contribution is 6.30. The second-order valence-electron chi connectivity index (χ2n) is 4.84. The van der Waals surface area contributed by atoms with Crippen molar-refractivity contribution in [3.63, 3.8) is 0 Å². The van der Waals surface area contributed by atoms with Crippen LogP contribution in [0, 0.1) is 17.2 Å². The molecule has 0 unspecified atom stereocenters. The van der Waals surface area contributed by atoms with Gasteiger partial charge >= 0.3 is 0 Å². The van der Waals surface area contributed by atoms with Crippen molar-refractivity contribution < 1.29 is 4.79 Å². The maximum atomic E-state index is 11.8. The number of nitrogens with zero attached hydrogens (tertiary/aromatic N) is 2. The van der Waals surface area contributed by atoms with Crippen molar-refractivity contribution in [2.75, 3.05) is 7.05 Å². The zero-order chi connectivity index (χ0) is 12.3. The van der Waals surface area contributed by atoms with Gasteiger partial charge in [-0.15, -0.1) is 11.6 Å². The van der Waals surface area contributed by atoms with Crippen LogP contribution in [0.3, 0.4) is 0 Å². The molecule has 1 amide bonds. The Morgan fingerprint density at radius 2 is 2.06 bits per heavy atom. The molecule has 1 saturated carbocycles. The minimum absolute atomic E-state index is 0.155. The summed E-state index contributed by atoms with van der Waals surface area (Å²) >= 11 is 5.79. The van der Waals surface area contributed by atoms with Crippen LogP contribution in [-0.4, -0.2) is 28.8 Å². The van der Waals surface area contributed by atoms with Crippen LogP contribution in [0.25, 0.3) is 0 Å². The van der Waals surface area contributed by atoms with Gasteiger partial charge < -0.3 is 4.90 Å². The van der Waals surface area contributed by atoms with E-state index in [0.717, 1.165) is 25.7 Å². The summed E-state index contributed by atoms with van der Waals surface area (Å²) in [4.78, 5) is 13.4. The first-order valence-corrected chi connectivity index (χ1v) is 6.19. The van der Waals surface area contributed by atoms with E-state index in [1.165, 1.54) is 0 Å². The molecule has 0 aromatic carbocycles. The van der Waals surface area contributed by atoms with E-state index in [2.05, 4.69) is 13.0 Å². The highest BCUT2D eigenvalue weighted by Gasteiger charge is 2.41. The highest BCUT2D eigenvalue weighted by atomic mass is 35.5. The van der Waals surface area contributed by atoms with Gasteiger partial charge in [-0.2, -0.15) is 5.26 Å². The minimum Gasteiger partial charge on any atom is -0.326 e. The molecule has 0 bridgehead atoms. The molecule has 0 heterocycles. The SMILES string of the molecule is CC1CCC(C#N)(N(C)C(=O)[C@H](C)Cl)CC1. The van der Waals surface area contributed by atoms with E-state index in [0.29, 0.717) is 5.92 Å². The summed E-state index contributed by atoms with van der Waals surface area (Å²) in [6.45, 7) is 3.84. The number of amides is 1. The van der Waals surface area contributed by atoms with Gasteiger partial charge in [-0.05, 0) is 38.5 Å². The normalized spacial score (nSPS) is 31.6. The molecular weight excluding hydrogens is 224 g/mol. The maximum absolute atomic E-state index is 11.8. The topological polar surface area (TPSA) is 44.1 Å². The quantitative estimate of drug-likeness (QED) is 0.699. The summed E-state index contributed by atoms with van der Waals surface area (Å²) in [5, 5.41) is 8.78. The van der Waals surface area contributed by atoms with Crippen LogP contribution in [0.5, 0.6) is 0 Å². The van der Waals surface area contributed by atoms with Crippen LogP contribution in [0.4, 0.5) is 0 Å². The second kappa shape index (κ2) is 5.05. The third-order valence-corrected chi connectivity index (χ3v) is 3.81. The number of carbonyl (C=O) groups is 1. The molecule has 3 nitrogen and oxygen atoms in total.